The second kappa shape index (κ2) is 4.55. The fourth-order valence-electron chi connectivity index (χ4n) is 2.03. The first-order valence-electron chi connectivity index (χ1n) is 5.69. The fraction of sp³-hybridized carbons (Fsp3) is 0.538. The lowest BCUT2D eigenvalue weighted by Crippen LogP contribution is -2.34. The molecule has 1 aliphatic rings. The van der Waals surface area contributed by atoms with Crippen LogP contribution in [0, 0.1) is 0 Å². The van der Waals surface area contributed by atoms with E-state index in [-0.39, 0.29) is 12.3 Å². The molecule has 0 fully saturated rings. The maximum atomic E-state index is 6.06. The Labute approximate surface area is 102 Å². The summed E-state index contributed by atoms with van der Waals surface area (Å²) >= 11 is 0. The summed E-state index contributed by atoms with van der Waals surface area (Å²) in [6.45, 7) is 4.81. The Morgan fingerprint density at radius 3 is 2.76 bits per heavy atom. The number of benzene rings is 1. The lowest BCUT2D eigenvalue weighted by atomic mass is 9.92. The predicted octanol–water partition coefficient (Wildman–Crippen LogP) is 1.84. The lowest BCUT2D eigenvalue weighted by Gasteiger charge is -2.21. The maximum Gasteiger partial charge on any atom is 0.231 e. The van der Waals surface area contributed by atoms with Gasteiger partial charge in [-0.2, -0.15) is 0 Å². The van der Waals surface area contributed by atoms with E-state index < -0.39 is 0 Å². The second-order valence-corrected chi connectivity index (χ2v) is 5.04. The molecular formula is C13H19NO3. The highest BCUT2D eigenvalue weighted by Crippen LogP contribution is 2.38. The average Bonchev–Trinajstić information content (AvgIpc) is 2.67. The first-order valence-corrected chi connectivity index (χ1v) is 5.69. The average molecular weight is 237 g/mol. The van der Waals surface area contributed by atoms with E-state index in [9.17, 15) is 0 Å². The summed E-state index contributed by atoms with van der Waals surface area (Å²) < 4.78 is 16.1. The van der Waals surface area contributed by atoms with E-state index in [1.54, 1.807) is 7.11 Å². The molecule has 1 aromatic carbocycles. The molecule has 0 atom stereocenters. The largest absolute Gasteiger partial charge is 0.454 e. The van der Waals surface area contributed by atoms with Gasteiger partial charge >= 0.3 is 0 Å². The highest BCUT2D eigenvalue weighted by Gasteiger charge is 2.23. The molecule has 0 radical (unpaired) electrons. The van der Waals surface area contributed by atoms with Gasteiger partial charge in [0.2, 0.25) is 6.79 Å². The zero-order valence-corrected chi connectivity index (χ0v) is 10.6. The van der Waals surface area contributed by atoms with Crippen LogP contribution in [0.25, 0.3) is 0 Å². The van der Waals surface area contributed by atoms with Crippen LogP contribution in [0.3, 0.4) is 0 Å². The third kappa shape index (κ3) is 2.70. The monoisotopic (exact) mass is 237 g/mol. The van der Waals surface area contributed by atoms with Gasteiger partial charge in [0.15, 0.2) is 11.5 Å². The molecule has 0 unspecified atom stereocenters. The Bertz CT molecular complexity index is 410. The van der Waals surface area contributed by atoms with Gasteiger partial charge in [0, 0.05) is 18.2 Å². The molecule has 1 heterocycles. The summed E-state index contributed by atoms with van der Waals surface area (Å²) in [4.78, 5) is 0. The fourth-order valence-corrected chi connectivity index (χ4v) is 2.03. The highest BCUT2D eigenvalue weighted by molar-refractivity contribution is 5.52. The summed E-state index contributed by atoms with van der Waals surface area (Å²) in [7, 11) is 1.67. The Balaban J connectivity index is 2.38. The van der Waals surface area contributed by atoms with Gasteiger partial charge in [-0.1, -0.05) is 6.07 Å². The van der Waals surface area contributed by atoms with Crippen LogP contribution >= 0.6 is 0 Å². The number of methoxy groups -OCH3 is 1. The maximum absolute atomic E-state index is 6.06. The molecule has 0 saturated heterocycles. The molecule has 94 valence electrons. The number of ether oxygens (including phenoxy) is 3. The van der Waals surface area contributed by atoms with Gasteiger partial charge in [-0.15, -0.1) is 0 Å². The van der Waals surface area contributed by atoms with Crippen LogP contribution in [0.4, 0.5) is 0 Å². The Kier molecular flexibility index (Phi) is 3.26. The van der Waals surface area contributed by atoms with Crippen molar-refractivity contribution >= 4 is 0 Å². The van der Waals surface area contributed by atoms with Crippen molar-refractivity contribution < 1.29 is 14.2 Å². The molecule has 0 spiro atoms. The number of fused-ring (bicyclic) bond motifs is 1. The Hall–Kier alpha value is -1.26. The highest BCUT2D eigenvalue weighted by atomic mass is 16.7. The number of rotatable bonds is 4. The van der Waals surface area contributed by atoms with Crippen molar-refractivity contribution in [3.63, 3.8) is 0 Å². The minimum absolute atomic E-state index is 0.254. The predicted molar refractivity (Wildman–Crippen MR) is 65.2 cm³/mol. The van der Waals surface area contributed by atoms with Crippen LogP contribution < -0.4 is 15.2 Å². The van der Waals surface area contributed by atoms with Crippen molar-refractivity contribution in [1.82, 2.24) is 0 Å². The third-order valence-electron chi connectivity index (χ3n) is 2.67. The SMILES string of the molecule is COCc1c(CC(C)(C)N)ccc2c1OCO2. The van der Waals surface area contributed by atoms with Crippen LogP contribution in [-0.4, -0.2) is 19.4 Å². The van der Waals surface area contributed by atoms with Crippen molar-refractivity contribution in [2.45, 2.75) is 32.4 Å². The lowest BCUT2D eigenvalue weighted by molar-refractivity contribution is 0.162. The van der Waals surface area contributed by atoms with Crippen LogP contribution in [0.1, 0.15) is 25.0 Å². The minimum atomic E-state index is -0.254. The molecule has 0 saturated carbocycles. The van der Waals surface area contributed by atoms with Gasteiger partial charge in [0.25, 0.3) is 0 Å². The molecule has 0 amide bonds. The van der Waals surface area contributed by atoms with E-state index in [1.165, 1.54) is 0 Å². The molecule has 4 heteroatoms. The molecule has 0 aromatic heterocycles. The van der Waals surface area contributed by atoms with Crippen molar-refractivity contribution in [3.8, 4) is 11.5 Å². The van der Waals surface area contributed by atoms with Gasteiger partial charge in [-0.3, -0.25) is 0 Å². The van der Waals surface area contributed by atoms with Crippen LogP contribution in [0.5, 0.6) is 11.5 Å². The van der Waals surface area contributed by atoms with E-state index >= 15 is 0 Å². The number of hydrogen-bond acceptors (Lipinski definition) is 4. The van der Waals surface area contributed by atoms with E-state index in [2.05, 4.69) is 0 Å². The van der Waals surface area contributed by atoms with Crippen LogP contribution in [0.2, 0.25) is 0 Å². The second-order valence-electron chi connectivity index (χ2n) is 5.04. The molecule has 2 N–H and O–H groups in total. The number of nitrogens with two attached hydrogens (primary N) is 1. The van der Waals surface area contributed by atoms with Crippen LogP contribution in [0.15, 0.2) is 12.1 Å². The Morgan fingerprint density at radius 2 is 2.12 bits per heavy atom. The van der Waals surface area contributed by atoms with Crippen molar-refractivity contribution in [1.29, 1.82) is 0 Å². The Morgan fingerprint density at radius 1 is 1.35 bits per heavy atom. The molecule has 0 bridgehead atoms. The smallest absolute Gasteiger partial charge is 0.231 e. The first kappa shape index (κ1) is 12.2. The topological polar surface area (TPSA) is 53.7 Å². The standard InChI is InChI=1S/C13H19NO3/c1-13(2,14)6-9-4-5-11-12(17-8-16-11)10(9)7-15-3/h4-5H,6-8,14H2,1-3H3. The summed E-state index contributed by atoms with van der Waals surface area (Å²) in [5, 5.41) is 0. The molecule has 17 heavy (non-hydrogen) atoms. The van der Waals surface area contributed by atoms with E-state index in [4.69, 9.17) is 19.9 Å². The molecule has 2 rings (SSSR count). The molecule has 1 aliphatic heterocycles. The third-order valence-corrected chi connectivity index (χ3v) is 2.67. The number of hydrogen-bond donors (Lipinski definition) is 1. The summed E-state index contributed by atoms with van der Waals surface area (Å²) in [5.74, 6) is 1.59. The first-order chi connectivity index (χ1) is 8.01. The quantitative estimate of drug-likeness (QED) is 0.868. The molecule has 0 aliphatic carbocycles. The van der Waals surface area contributed by atoms with Gasteiger partial charge in [0.1, 0.15) is 0 Å². The van der Waals surface area contributed by atoms with E-state index in [0.717, 1.165) is 29.0 Å². The van der Waals surface area contributed by atoms with Gasteiger partial charge in [-0.25, -0.2) is 0 Å². The molecule has 1 aromatic rings. The van der Waals surface area contributed by atoms with E-state index in [0.29, 0.717) is 6.61 Å². The van der Waals surface area contributed by atoms with Crippen LogP contribution in [-0.2, 0) is 17.8 Å². The van der Waals surface area contributed by atoms with Crippen molar-refractivity contribution in [2.75, 3.05) is 13.9 Å². The van der Waals surface area contributed by atoms with Gasteiger partial charge in [0.05, 0.1) is 6.61 Å². The van der Waals surface area contributed by atoms with E-state index in [1.807, 2.05) is 26.0 Å². The minimum Gasteiger partial charge on any atom is -0.454 e. The van der Waals surface area contributed by atoms with Gasteiger partial charge < -0.3 is 19.9 Å². The molecule has 4 nitrogen and oxygen atoms in total. The molecular weight excluding hydrogens is 218 g/mol. The summed E-state index contributed by atoms with van der Waals surface area (Å²) in [6, 6.07) is 3.97. The van der Waals surface area contributed by atoms with Gasteiger partial charge in [-0.05, 0) is 31.9 Å². The summed E-state index contributed by atoms with van der Waals surface area (Å²) in [6.07, 6.45) is 0.780. The zero-order valence-electron chi connectivity index (χ0n) is 10.6. The van der Waals surface area contributed by atoms with Crippen molar-refractivity contribution in [2.24, 2.45) is 5.73 Å². The normalized spacial score (nSPS) is 14.1. The zero-order chi connectivity index (χ0) is 12.5. The van der Waals surface area contributed by atoms with Crippen molar-refractivity contribution in [3.05, 3.63) is 23.3 Å². The summed E-state index contributed by atoms with van der Waals surface area (Å²) in [5.41, 5.74) is 8.01.